The molecule has 0 spiro atoms. The van der Waals surface area contributed by atoms with Crippen molar-refractivity contribution in [2.24, 2.45) is 4.99 Å². The number of nitrogens with one attached hydrogen (secondary N) is 1. The van der Waals surface area contributed by atoms with Gasteiger partial charge in [-0.1, -0.05) is 0 Å². The van der Waals surface area contributed by atoms with Gasteiger partial charge in [-0.2, -0.15) is 0 Å². The van der Waals surface area contributed by atoms with Crippen LogP contribution < -0.4 is 5.43 Å². The molecule has 0 aromatic heterocycles. The van der Waals surface area contributed by atoms with Crippen molar-refractivity contribution in [1.29, 1.82) is 0 Å². The summed E-state index contributed by atoms with van der Waals surface area (Å²) in [6, 6.07) is 0. The number of amidine groups is 1. The molecule has 0 saturated heterocycles. The van der Waals surface area contributed by atoms with Crippen molar-refractivity contribution < 1.29 is 9.18 Å². The predicted octanol–water partition coefficient (Wildman–Crippen LogP) is 1.06. The highest BCUT2D eigenvalue weighted by Gasteiger charge is 2.16. The van der Waals surface area contributed by atoms with E-state index < -0.39 is 0 Å². The number of ketones is 1. The van der Waals surface area contributed by atoms with Crippen molar-refractivity contribution >= 4 is 11.6 Å². The number of carbonyl (C=O) groups is 1. The summed E-state index contributed by atoms with van der Waals surface area (Å²) < 4.78 is 13.1. The molecule has 0 aliphatic carbocycles. The van der Waals surface area contributed by atoms with Crippen molar-refractivity contribution in [3.05, 3.63) is 36.0 Å². The van der Waals surface area contributed by atoms with Crippen LogP contribution in [0.3, 0.4) is 0 Å². The van der Waals surface area contributed by atoms with E-state index in [-0.39, 0.29) is 24.0 Å². The first kappa shape index (κ1) is 9.64. The van der Waals surface area contributed by atoms with E-state index >= 15 is 0 Å². The summed E-state index contributed by atoms with van der Waals surface area (Å²) in [6.07, 6.45) is 5.94. The predicted molar refractivity (Wildman–Crippen MR) is 54.4 cm³/mol. The summed E-state index contributed by atoms with van der Waals surface area (Å²) >= 11 is 0. The Balaban J connectivity index is 2.03. The lowest BCUT2D eigenvalue weighted by Crippen LogP contribution is -2.42. The monoisotopic (exact) mass is 207 g/mol. The fourth-order valence-electron chi connectivity index (χ4n) is 1.40. The van der Waals surface area contributed by atoms with E-state index in [1.54, 1.807) is 13.1 Å². The van der Waals surface area contributed by atoms with Crippen LogP contribution in [0.25, 0.3) is 0 Å². The third kappa shape index (κ3) is 2.12. The summed E-state index contributed by atoms with van der Waals surface area (Å²) in [4.78, 5) is 15.0. The molecule has 2 heterocycles. The minimum absolute atomic E-state index is 0.101. The van der Waals surface area contributed by atoms with Gasteiger partial charge in [0, 0.05) is 18.5 Å². The largest absolute Gasteiger partial charge is 0.287 e. The third-order valence-electron chi connectivity index (χ3n) is 1.98. The summed E-state index contributed by atoms with van der Waals surface area (Å²) in [5.41, 5.74) is 3.53. The van der Waals surface area contributed by atoms with Crippen LogP contribution in [0.4, 0.5) is 4.39 Å². The Kier molecular flexibility index (Phi) is 2.37. The molecule has 2 rings (SSSR count). The molecule has 0 aromatic carbocycles. The number of carbonyl (C=O) groups excluding carboxylic acids is 1. The van der Waals surface area contributed by atoms with Crippen molar-refractivity contribution in [3.63, 3.8) is 0 Å². The number of aliphatic imine (C=N–C) groups is 1. The van der Waals surface area contributed by atoms with Crippen molar-refractivity contribution in [2.45, 2.75) is 6.92 Å². The topological polar surface area (TPSA) is 44.7 Å². The normalized spacial score (nSPS) is 20.0. The molecular formula is C10H10FN3O. The van der Waals surface area contributed by atoms with E-state index in [0.717, 1.165) is 5.57 Å². The maximum absolute atomic E-state index is 13.1. The zero-order chi connectivity index (χ0) is 10.8. The number of hydrogen-bond donors (Lipinski definition) is 1. The van der Waals surface area contributed by atoms with Crippen LogP contribution in [0, 0.1) is 0 Å². The molecule has 0 saturated carbocycles. The first-order valence-electron chi connectivity index (χ1n) is 4.51. The Morgan fingerprint density at radius 2 is 2.40 bits per heavy atom. The van der Waals surface area contributed by atoms with Gasteiger partial charge in [0.2, 0.25) is 5.78 Å². The zero-order valence-electron chi connectivity index (χ0n) is 8.20. The highest BCUT2D eigenvalue weighted by atomic mass is 19.1. The minimum atomic E-state index is -0.249. The van der Waals surface area contributed by atoms with Crippen LogP contribution in [-0.4, -0.2) is 23.2 Å². The van der Waals surface area contributed by atoms with Crippen molar-refractivity contribution in [3.8, 4) is 0 Å². The Morgan fingerprint density at radius 3 is 3.00 bits per heavy atom. The number of nitrogens with zero attached hydrogens (tertiary/aromatic N) is 2. The number of allylic oxidation sites excluding steroid dienone is 2. The quantitative estimate of drug-likeness (QED) is 0.699. The minimum Gasteiger partial charge on any atom is -0.287 e. The molecule has 78 valence electrons. The molecule has 0 bridgehead atoms. The van der Waals surface area contributed by atoms with Crippen molar-refractivity contribution in [2.75, 3.05) is 6.54 Å². The van der Waals surface area contributed by atoms with E-state index in [1.165, 1.54) is 23.4 Å². The van der Waals surface area contributed by atoms with E-state index in [2.05, 4.69) is 10.4 Å². The maximum Gasteiger partial charge on any atom is 0.223 e. The summed E-state index contributed by atoms with van der Waals surface area (Å²) in [6.45, 7) is 1.88. The van der Waals surface area contributed by atoms with Gasteiger partial charge in [0.05, 0.1) is 6.54 Å². The highest BCUT2D eigenvalue weighted by Crippen LogP contribution is 2.12. The summed E-state index contributed by atoms with van der Waals surface area (Å²) in [5, 5.41) is 1.49. The first-order chi connectivity index (χ1) is 7.15. The maximum atomic E-state index is 13.1. The molecule has 0 fully saturated rings. The number of hydrazine groups is 1. The van der Waals surface area contributed by atoms with Crippen LogP contribution in [-0.2, 0) is 4.79 Å². The van der Waals surface area contributed by atoms with Gasteiger partial charge < -0.3 is 0 Å². The van der Waals surface area contributed by atoms with E-state index in [4.69, 9.17) is 0 Å². The molecule has 0 aromatic rings. The van der Waals surface area contributed by atoms with Gasteiger partial charge in [0.1, 0.15) is 5.83 Å². The molecule has 4 nitrogen and oxygen atoms in total. The Bertz CT molecular complexity index is 420. The second-order valence-corrected chi connectivity index (χ2v) is 3.36. The summed E-state index contributed by atoms with van der Waals surface area (Å²) in [7, 11) is 0. The molecule has 0 unspecified atom stereocenters. The van der Waals surface area contributed by atoms with E-state index in [9.17, 15) is 9.18 Å². The van der Waals surface area contributed by atoms with Gasteiger partial charge in [0.15, 0.2) is 5.84 Å². The van der Waals surface area contributed by atoms with Gasteiger partial charge in [-0.05, 0) is 18.6 Å². The van der Waals surface area contributed by atoms with Crippen LogP contribution in [0.5, 0.6) is 0 Å². The fraction of sp³-hybridized carbons (Fsp3) is 0.200. The molecule has 2 aliphatic heterocycles. The van der Waals surface area contributed by atoms with Crippen LogP contribution in [0.1, 0.15) is 6.92 Å². The van der Waals surface area contributed by atoms with Crippen LogP contribution in [0.2, 0.25) is 0 Å². The van der Waals surface area contributed by atoms with Crippen LogP contribution in [0.15, 0.2) is 40.9 Å². The lowest BCUT2D eigenvalue weighted by atomic mass is 10.2. The molecule has 0 atom stereocenters. The number of halogens is 1. The second-order valence-electron chi connectivity index (χ2n) is 3.36. The van der Waals surface area contributed by atoms with Crippen LogP contribution >= 0.6 is 0 Å². The van der Waals surface area contributed by atoms with Gasteiger partial charge in [-0.15, -0.1) is 0 Å². The number of hydrogen-bond acceptors (Lipinski definition) is 4. The molecule has 1 N–H and O–H groups in total. The van der Waals surface area contributed by atoms with Crippen molar-refractivity contribution in [1.82, 2.24) is 10.4 Å². The SMILES string of the molecule is CC1=CN(NC2=NC=CC2=O)CC(F)=C1. The highest BCUT2D eigenvalue weighted by molar-refractivity contribution is 6.44. The average molecular weight is 207 g/mol. The number of rotatable bonds is 1. The smallest absolute Gasteiger partial charge is 0.223 e. The van der Waals surface area contributed by atoms with E-state index in [0.29, 0.717) is 0 Å². The molecule has 2 aliphatic rings. The lowest BCUT2D eigenvalue weighted by Gasteiger charge is -2.24. The third-order valence-corrected chi connectivity index (χ3v) is 1.98. The zero-order valence-corrected chi connectivity index (χ0v) is 8.20. The molecule has 5 heteroatoms. The Hall–Kier alpha value is -1.91. The van der Waals surface area contributed by atoms with Gasteiger partial charge >= 0.3 is 0 Å². The summed E-state index contributed by atoms with van der Waals surface area (Å²) in [5.74, 6) is -0.230. The molecule has 15 heavy (non-hydrogen) atoms. The molecule has 0 amide bonds. The van der Waals surface area contributed by atoms with Gasteiger partial charge in [-0.3, -0.25) is 15.2 Å². The Labute approximate surface area is 86.4 Å². The van der Waals surface area contributed by atoms with Gasteiger partial charge in [-0.25, -0.2) is 9.38 Å². The molecule has 0 radical (unpaired) electrons. The van der Waals surface area contributed by atoms with E-state index in [1.807, 2.05) is 0 Å². The first-order valence-corrected chi connectivity index (χ1v) is 4.51. The second kappa shape index (κ2) is 3.68. The average Bonchev–Trinajstić information content (AvgIpc) is 2.50. The fourth-order valence-corrected chi connectivity index (χ4v) is 1.40. The van der Waals surface area contributed by atoms with Gasteiger partial charge in [0.25, 0.3) is 0 Å². The molecular weight excluding hydrogens is 197 g/mol. The Morgan fingerprint density at radius 1 is 1.60 bits per heavy atom. The standard InChI is InChI=1S/C10H10FN3O/c1-7-4-8(11)6-14(5-7)13-10-9(15)2-3-12-10/h2-5H,6H2,1H3,(H,12,13,15). The lowest BCUT2D eigenvalue weighted by molar-refractivity contribution is -0.109.